The Morgan fingerprint density at radius 2 is 0.652 bits per heavy atom. The number of benzene rings is 10. The van der Waals surface area contributed by atoms with Crippen molar-refractivity contribution in [1.29, 1.82) is 5.26 Å². The van der Waals surface area contributed by atoms with Gasteiger partial charge >= 0.3 is 0 Å². The summed E-state index contributed by atoms with van der Waals surface area (Å²) in [4.78, 5) is 0. The van der Waals surface area contributed by atoms with Crippen molar-refractivity contribution < 1.29 is 8.78 Å². The first-order chi connectivity index (χ1) is 32.5. The molecule has 310 valence electrons. The minimum absolute atomic E-state index is 0.0963. The Morgan fingerprint density at radius 3 is 0.970 bits per heavy atom. The number of hydrogen-bond acceptors (Lipinski definition) is 1. The summed E-state index contributed by atoms with van der Waals surface area (Å²) < 4.78 is 35.7. The van der Waals surface area contributed by atoms with Crippen LogP contribution in [0.15, 0.2) is 224 Å². The van der Waals surface area contributed by atoms with Gasteiger partial charge in [0.15, 0.2) is 0 Å². The lowest BCUT2D eigenvalue weighted by molar-refractivity contribution is 0.603. The molecule has 0 spiro atoms. The molecule has 0 amide bonds. The second-order valence-corrected chi connectivity index (χ2v) is 16.7. The summed E-state index contributed by atoms with van der Waals surface area (Å²) >= 11 is 0. The first-order valence-electron chi connectivity index (χ1n) is 21.9. The van der Waals surface area contributed by atoms with E-state index in [-0.39, 0.29) is 5.56 Å². The molecule has 2 heterocycles. The maximum atomic E-state index is 16.2. The summed E-state index contributed by atoms with van der Waals surface area (Å²) in [5, 5.41) is 15.6. The van der Waals surface area contributed by atoms with Crippen LogP contribution in [-0.2, 0) is 0 Å². The third-order valence-corrected chi connectivity index (χ3v) is 12.9. The topological polar surface area (TPSA) is 33.6 Å². The number of hydrogen-bond donors (Lipinski definition) is 0. The van der Waals surface area contributed by atoms with Gasteiger partial charge in [-0.05, 0) is 129 Å². The van der Waals surface area contributed by atoms with Gasteiger partial charge in [-0.25, -0.2) is 8.78 Å². The summed E-state index contributed by atoms with van der Waals surface area (Å²) in [6.07, 6.45) is 0. The van der Waals surface area contributed by atoms with Crippen molar-refractivity contribution in [1.82, 2.24) is 9.13 Å². The third-order valence-electron chi connectivity index (χ3n) is 12.9. The maximum Gasteiger partial charge on any atom is 0.131 e. The molecule has 2 aromatic heterocycles. The number of halogens is 2. The summed E-state index contributed by atoms with van der Waals surface area (Å²) in [5.74, 6) is -1.13. The molecule has 66 heavy (non-hydrogen) atoms. The van der Waals surface area contributed by atoms with Crippen molar-refractivity contribution in [3.63, 3.8) is 0 Å². The molecule has 0 atom stereocenters. The minimum Gasteiger partial charge on any atom is -0.308 e. The molecular formula is C61H37F2N3. The lowest BCUT2D eigenvalue weighted by Gasteiger charge is -2.19. The smallest absolute Gasteiger partial charge is 0.131 e. The van der Waals surface area contributed by atoms with Gasteiger partial charge in [0.05, 0.1) is 33.4 Å². The molecule has 3 nitrogen and oxygen atoms in total. The third kappa shape index (κ3) is 6.47. The Hall–Kier alpha value is -8.85. The lowest BCUT2D eigenvalue weighted by Crippen LogP contribution is -2.05. The van der Waals surface area contributed by atoms with E-state index in [0.717, 1.165) is 100 Å². The Bertz CT molecular complexity index is 3470. The molecule has 0 N–H and O–H groups in total. The highest BCUT2D eigenvalue weighted by Gasteiger charge is 2.24. The van der Waals surface area contributed by atoms with Crippen molar-refractivity contribution >= 4 is 43.6 Å². The molecule has 0 saturated heterocycles. The Morgan fingerprint density at radius 1 is 0.318 bits per heavy atom. The standard InChI is InChI=1S/C61H37F2N3/c62-48-25-26-55(63)49(37-48)47-35-60(65-56-27-21-43(39-13-5-1-6-14-39)31-50(56)51-32-44(22-28-57(51)65)40-15-7-2-8-16-40)54(38-64)61(36-47)66-58-29-23-45(41-17-9-3-10-18-41)33-52(58)53-34-46(24-30-59(53)66)42-19-11-4-12-20-42/h1-37H. The van der Waals surface area contributed by atoms with Crippen LogP contribution in [0.5, 0.6) is 0 Å². The molecule has 0 aliphatic carbocycles. The van der Waals surface area contributed by atoms with Crippen LogP contribution in [0.1, 0.15) is 5.56 Å². The number of nitrogens with zero attached hydrogens (tertiary/aromatic N) is 3. The van der Waals surface area contributed by atoms with Crippen LogP contribution >= 0.6 is 0 Å². The van der Waals surface area contributed by atoms with Crippen LogP contribution < -0.4 is 0 Å². The monoisotopic (exact) mass is 849 g/mol. The van der Waals surface area contributed by atoms with E-state index < -0.39 is 11.6 Å². The molecule has 0 fully saturated rings. The van der Waals surface area contributed by atoms with Crippen LogP contribution in [0.3, 0.4) is 0 Å². The fourth-order valence-corrected chi connectivity index (χ4v) is 9.76. The maximum absolute atomic E-state index is 16.2. The molecule has 10 aromatic carbocycles. The SMILES string of the molecule is N#Cc1c(-n2c3ccc(-c4ccccc4)cc3c3cc(-c4ccccc4)ccc32)cc(-c2cc(F)ccc2F)cc1-n1c2ccc(-c3ccccc3)cc2c2cc(-c3ccccc3)ccc21. The number of fused-ring (bicyclic) bond motifs is 6. The number of aromatic nitrogens is 2. The predicted octanol–water partition coefficient (Wildman–Crippen LogP) is 16.4. The molecule has 5 heteroatoms. The first-order valence-corrected chi connectivity index (χ1v) is 21.9. The molecule has 0 aliphatic rings. The highest BCUT2D eigenvalue weighted by Crippen LogP contribution is 2.43. The van der Waals surface area contributed by atoms with Crippen molar-refractivity contribution in [2.45, 2.75) is 0 Å². The second-order valence-electron chi connectivity index (χ2n) is 16.7. The van der Waals surface area contributed by atoms with Crippen LogP contribution in [-0.4, -0.2) is 9.13 Å². The van der Waals surface area contributed by atoms with Gasteiger partial charge in [0, 0.05) is 27.1 Å². The Kier molecular flexibility index (Phi) is 9.25. The van der Waals surface area contributed by atoms with Gasteiger partial charge in [-0.1, -0.05) is 146 Å². The van der Waals surface area contributed by atoms with Gasteiger partial charge in [0.1, 0.15) is 23.3 Å². The van der Waals surface area contributed by atoms with Crippen LogP contribution in [0, 0.1) is 23.0 Å². The molecule has 0 saturated carbocycles. The van der Waals surface area contributed by atoms with E-state index in [1.165, 1.54) is 6.07 Å². The fourth-order valence-electron chi connectivity index (χ4n) is 9.76. The zero-order chi connectivity index (χ0) is 44.3. The number of rotatable bonds is 7. The summed E-state index contributed by atoms with van der Waals surface area (Å²) in [7, 11) is 0. The zero-order valence-corrected chi connectivity index (χ0v) is 35.5. The molecule has 0 aliphatic heterocycles. The van der Waals surface area contributed by atoms with Gasteiger partial charge < -0.3 is 9.13 Å². The quantitative estimate of drug-likeness (QED) is 0.157. The summed E-state index contributed by atoms with van der Waals surface area (Å²) in [6, 6.07) is 76.7. The first kappa shape index (κ1) is 38.8. The van der Waals surface area contributed by atoms with E-state index in [2.05, 4.69) is 137 Å². The van der Waals surface area contributed by atoms with Gasteiger partial charge in [0.25, 0.3) is 0 Å². The van der Waals surface area contributed by atoms with Gasteiger partial charge in [0.2, 0.25) is 0 Å². The predicted molar refractivity (Wildman–Crippen MR) is 267 cm³/mol. The fraction of sp³-hybridized carbons (Fsp3) is 0. The van der Waals surface area contributed by atoms with Gasteiger partial charge in [-0.3, -0.25) is 0 Å². The average Bonchev–Trinajstić information content (AvgIpc) is 3.88. The van der Waals surface area contributed by atoms with E-state index >= 15 is 8.78 Å². The minimum atomic E-state index is -0.567. The van der Waals surface area contributed by atoms with Gasteiger partial charge in [-0.15, -0.1) is 0 Å². The lowest BCUT2D eigenvalue weighted by atomic mass is 9.99. The van der Waals surface area contributed by atoms with Crippen LogP contribution in [0.25, 0.3) is 111 Å². The van der Waals surface area contributed by atoms with E-state index in [4.69, 9.17) is 0 Å². The van der Waals surface area contributed by atoms with Crippen molar-refractivity contribution in [2.24, 2.45) is 0 Å². The normalized spacial score (nSPS) is 11.5. The molecule has 12 aromatic rings. The van der Waals surface area contributed by atoms with E-state index in [1.54, 1.807) is 0 Å². The molecule has 0 radical (unpaired) electrons. The largest absolute Gasteiger partial charge is 0.308 e. The summed E-state index contributed by atoms with van der Waals surface area (Å²) in [5.41, 5.74) is 14.0. The van der Waals surface area contributed by atoms with Crippen molar-refractivity contribution in [3.05, 3.63) is 242 Å². The molecule has 0 bridgehead atoms. The highest BCUT2D eigenvalue weighted by atomic mass is 19.1. The van der Waals surface area contributed by atoms with E-state index in [1.807, 2.05) is 84.9 Å². The van der Waals surface area contributed by atoms with E-state index in [9.17, 15) is 5.26 Å². The van der Waals surface area contributed by atoms with Crippen molar-refractivity contribution in [2.75, 3.05) is 0 Å². The van der Waals surface area contributed by atoms with Gasteiger partial charge in [-0.2, -0.15) is 5.26 Å². The molecule has 0 unspecified atom stereocenters. The van der Waals surface area contributed by atoms with Crippen LogP contribution in [0.4, 0.5) is 8.78 Å². The zero-order valence-electron chi connectivity index (χ0n) is 35.5. The average molecular weight is 850 g/mol. The van der Waals surface area contributed by atoms with Crippen molar-refractivity contribution in [3.8, 4) is 73.1 Å². The number of nitriles is 1. The highest BCUT2D eigenvalue weighted by molar-refractivity contribution is 6.14. The Labute approximate surface area is 379 Å². The summed E-state index contributed by atoms with van der Waals surface area (Å²) in [6.45, 7) is 0. The molecular weight excluding hydrogens is 813 g/mol. The second kappa shape index (κ2) is 15.7. The molecule has 12 rings (SSSR count). The Balaban J connectivity index is 1.19. The van der Waals surface area contributed by atoms with Crippen LogP contribution in [0.2, 0.25) is 0 Å². The van der Waals surface area contributed by atoms with E-state index in [0.29, 0.717) is 22.5 Å².